The molecule has 1 fully saturated rings. The molecule has 1 aromatic rings. The number of hydrogen-bond donors (Lipinski definition) is 2. The Hall–Kier alpha value is -1.56. The highest BCUT2D eigenvalue weighted by molar-refractivity contribution is 5.50. The lowest BCUT2D eigenvalue weighted by Gasteiger charge is -2.33. The van der Waals surface area contributed by atoms with E-state index in [9.17, 15) is 10.2 Å². The Balaban J connectivity index is 2.22. The molecule has 0 amide bonds. The third-order valence-electron chi connectivity index (χ3n) is 4.10. The topological polar surface area (TPSA) is 62.2 Å². The molecule has 0 unspecified atom stereocenters. The largest absolute Gasteiger partial charge is 0.493 e. The molecule has 23 heavy (non-hydrogen) atoms. The monoisotopic (exact) mass is 321 g/mol. The van der Waals surface area contributed by atoms with E-state index in [2.05, 4.69) is 17.5 Å². The first-order chi connectivity index (χ1) is 11.1. The van der Waals surface area contributed by atoms with Gasteiger partial charge in [-0.1, -0.05) is 12.1 Å². The molecule has 1 aliphatic rings. The van der Waals surface area contributed by atoms with Gasteiger partial charge in [-0.2, -0.15) is 0 Å². The number of nitrogens with zero attached hydrogens (tertiary/aromatic N) is 1. The number of aliphatic hydroxyl groups is 2. The summed E-state index contributed by atoms with van der Waals surface area (Å²) in [6.45, 7) is 8.28. The second kappa shape index (κ2) is 8.34. The lowest BCUT2D eigenvalue weighted by Crippen LogP contribution is -2.46. The van der Waals surface area contributed by atoms with Crippen molar-refractivity contribution in [2.45, 2.75) is 38.5 Å². The average Bonchev–Trinajstić information content (AvgIpc) is 2.52. The van der Waals surface area contributed by atoms with Crippen molar-refractivity contribution >= 4 is 0 Å². The minimum atomic E-state index is -0.680. The number of β-amino-alcohol motifs (C(OH)–C–C–N with tert-alkyl or cyclic N) is 1. The number of allylic oxidation sites excluding steroid dienone is 1. The quantitative estimate of drug-likeness (QED) is 0.749. The van der Waals surface area contributed by atoms with Crippen molar-refractivity contribution in [1.82, 2.24) is 4.90 Å². The van der Waals surface area contributed by atoms with Crippen molar-refractivity contribution in [3.63, 3.8) is 0 Å². The second-order valence-electron chi connectivity index (χ2n) is 5.87. The molecule has 2 atom stereocenters. The van der Waals surface area contributed by atoms with Crippen molar-refractivity contribution in [3.8, 4) is 11.5 Å². The number of likely N-dealkylation sites (tertiary alicyclic amines) is 1. The molecule has 5 nitrogen and oxygen atoms in total. The van der Waals surface area contributed by atoms with Crippen LogP contribution in [0.3, 0.4) is 0 Å². The molecule has 0 aliphatic carbocycles. The Kier molecular flexibility index (Phi) is 6.45. The number of piperidine rings is 1. The van der Waals surface area contributed by atoms with Crippen molar-refractivity contribution in [2.75, 3.05) is 26.8 Å². The predicted octanol–water partition coefficient (Wildman–Crippen LogP) is 1.75. The zero-order valence-corrected chi connectivity index (χ0v) is 14.0. The summed E-state index contributed by atoms with van der Waals surface area (Å²) in [5, 5.41) is 19.5. The molecule has 2 N–H and O–H groups in total. The summed E-state index contributed by atoms with van der Waals surface area (Å²) in [5.41, 5.74) is 2.15. The normalized spacial score (nSPS) is 21.9. The van der Waals surface area contributed by atoms with Crippen molar-refractivity contribution in [2.24, 2.45) is 0 Å². The molecule has 0 spiro atoms. The van der Waals surface area contributed by atoms with Crippen LogP contribution in [0.5, 0.6) is 11.5 Å². The second-order valence-corrected chi connectivity index (χ2v) is 5.87. The van der Waals surface area contributed by atoms with E-state index in [1.54, 1.807) is 7.11 Å². The van der Waals surface area contributed by atoms with Crippen LogP contribution in [0, 0.1) is 0 Å². The van der Waals surface area contributed by atoms with Crippen LogP contribution in [0.1, 0.15) is 24.5 Å². The van der Waals surface area contributed by atoms with Gasteiger partial charge in [0.25, 0.3) is 0 Å². The fourth-order valence-corrected chi connectivity index (χ4v) is 3.00. The Labute approximate surface area is 138 Å². The fourth-order valence-electron chi connectivity index (χ4n) is 3.00. The van der Waals surface area contributed by atoms with Crippen LogP contribution in [0.2, 0.25) is 0 Å². The lowest BCUT2D eigenvalue weighted by molar-refractivity contribution is -0.0404. The molecule has 128 valence electrons. The van der Waals surface area contributed by atoms with Gasteiger partial charge in [-0.25, -0.2) is 0 Å². The first kappa shape index (κ1) is 17.8. The van der Waals surface area contributed by atoms with E-state index in [1.807, 2.05) is 19.1 Å². The van der Waals surface area contributed by atoms with Crippen LogP contribution < -0.4 is 9.47 Å². The van der Waals surface area contributed by atoms with E-state index in [4.69, 9.17) is 9.47 Å². The maximum Gasteiger partial charge on any atom is 0.164 e. The van der Waals surface area contributed by atoms with Gasteiger partial charge in [0.2, 0.25) is 0 Å². The summed E-state index contributed by atoms with van der Waals surface area (Å²) >= 11 is 0. The van der Waals surface area contributed by atoms with E-state index in [0.717, 1.165) is 29.2 Å². The van der Waals surface area contributed by atoms with Gasteiger partial charge in [0.15, 0.2) is 11.5 Å². The first-order valence-corrected chi connectivity index (χ1v) is 8.11. The third kappa shape index (κ3) is 4.47. The molecule has 2 rings (SSSR count). The van der Waals surface area contributed by atoms with E-state index in [0.29, 0.717) is 32.5 Å². The number of aliphatic hydroxyl groups excluding tert-OH is 2. The summed E-state index contributed by atoms with van der Waals surface area (Å²) < 4.78 is 11.2. The van der Waals surface area contributed by atoms with Crippen LogP contribution in [0.15, 0.2) is 24.8 Å². The summed E-state index contributed by atoms with van der Waals surface area (Å²) in [5.74, 6) is 1.49. The van der Waals surface area contributed by atoms with Gasteiger partial charge in [-0.3, -0.25) is 4.90 Å². The van der Waals surface area contributed by atoms with Crippen LogP contribution in [0.25, 0.3) is 0 Å². The van der Waals surface area contributed by atoms with Gasteiger partial charge < -0.3 is 19.7 Å². The number of benzene rings is 1. The maximum atomic E-state index is 9.84. The zero-order chi connectivity index (χ0) is 16.8. The van der Waals surface area contributed by atoms with Gasteiger partial charge in [-0.15, -0.1) is 6.58 Å². The SMILES string of the molecule is C=CCc1cc(CN2CC[C@H](O)[C@H](O)C2)cc(OCC)c1OC. The van der Waals surface area contributed by atoms with E-state index < -0.39 is 12.2 Å². The highest BCUT2D eigenvalue weighted by Crippen LogP contribution is 2.34. The minimum absolute atomic E-state index is 0.480. The van der Waals surface area contributed by atoms with E-state index in [1.165, 1.54) is 0 Å². The zero-order valence-electron chi connectivity index (χ0n) is 14.0. The molecular formula is C18H27NO4. The molecule has 0 aromatic heterocycles. The number of hydrogen-bond acceptors (Lipinski definition) is 5. The molecule has 1 aromatic carbocycles. The van der Waals surface area contributed by atoms with E-state index in [-0.39, 0.29) is 0 Å². The lowest BCUT2D eigenvalue weighted by atomic mass is 10.0. The molecule has 1 aliphatic heterocycles. The number of ether oxygens (including phenoxy) is 2. The minimum Gasteiger partial charge on any atom is -0.493 e. The van der Waals surface area contributed by atoms with Gasteiger partial charge in [0.1, 0.15) is 0 Å². The fraction of sp³-hybridized carbons (Fsp3) is 0.556. The Bertz CT molecular complexity index is 532. The molecule has 1 heterocycles. The molecule has 0 bridgehead atoms. The Morgan fingerprint density at radius 2 is 2.13 bits per heavy atom. The van der Waals surface area contributed by atoms with Crippen LogP contribution in [-0.2, 0) is 13.0 Å². The first-order valence-electron chi connectivity index (χ1n) is 8.11. The smallest absolute Gasteiger partial charge is 0.164 e. The Morgan fingerprint density at radius 1 is 1.35 bits per heavy atom. The van der Waals surface area contributed by atoms with Gasteiger partial charge in [0, 0.05) is 25.2 Å². The summed E-state index contributed by atoms with van der Waals surface area (Å²) in [6, 6.07) is 4.09. The molecule has 0 radical (unpaired) electrons. The number of methoxy groups -OCH3 is 1. The van der Waals surface area contributed by atoms with Gasteiger partial charge in [0.05, 0.1) is 25.9 Å². The predicted molar refractivity (Wildman–Crippen MR) is 90.0 cm³/mol. The molecule has 0 saturated carbocycles. The number of rotatable bonds is 7. The van der Waals surface area contributed by atoms with Crippen molar-refractivity contribution in [3.05, 3.63) is 35.9 Å². The summed E-state index contributed by atoms with van der Waals surface area (Å²) in [7, 11) is 1.65. The van der Waals surface area contributed by atoms with Gasteiger partial charge in [-0.05, 0) is 31.4 Å². The highest BCUT2D eigenvalue weighted by Gasteiger charge is 2.26. The van der Waals surface area contributed by atoms with Crippen LogP contribution in [-0.4, -0.2) is 54.1 Å². The standard InChI is InChI=1S/C18H27NO4/c1-4-6-14-9-13(10-17(23-5-2)18(14)22-3)11-19-8-7-15(20)16(21)12-19/h4,9-10,15-16,20-21H,1,5-8,11-12H2,2-3H3/t15-,16+/m0/s1. The van der Waals surface area contributed by atoms with E-state index >= 15 is 0 Å². The van der Waals surface area contributed by atoms with Crippen LogP contribution >= 0.6 is 0 Å². The van der Waals surface area contributed by atoms with Crippen LogP contribution in [0.4, 0.5) is 0 Å². The maximum absolute atomic E-state index is 9.84. The van der Waals surface area contributed by atoms with Crippen molar-refractivity contribution in [1.29, 1.82) is 0 Å². The molecular weight excluding hydrogens is 294 g/mol. The highest BCUT2D eigenvalue weighted by atomic mass is 16.5. The molecule has 1 saturated heterocycles. The Morgan fingerprint density at radius 3 is 2.74 bits per heavy atom. The third-order valence-corrected chi connectivity index (χ3v) is 4.10. The molecule has 5 heteroatoms. The van der Waals surface area contributed by atoms with Gasteiger partial charge >= 0.3 is 0 Å². The average molecular weight is 321 g/mol. The summed E-state index contributed by atoms with van der Waals surface area (Å²) in [4.78, 5) is 2.15. The van der Waals surface area contributed by atoms with Crippen molar-refractivity contribution < 1.29 is 19.7 Å². The summed E-state index contributed by atoms with van der Waals surface area (Å²) in [6.07, 6.45) is 1.85.